The van der Waals surface area contributed by atoms with Crippen LogP contribution in [-0.2, 0) is 14.3 Å². The Kier molecular flexibility index (Phi) is 4.64. The number of nitrogens with one attached hydrogen (secondary N) is 1. The van der Waals surface area contributed by atoms with E-state index in [0.29, 0.717) is 0 Å². The first-order chi connectivity index (χ1) is 12.1. The van der Waals surface area contributed by atoms with Crippen LogP contribution in [0, 0.1) is 11.4 Å². The zero-order valence-electron chi connectivity index (χ0n) is 15.0. The van der Waals surface area contributed by atoms with E-state index in [1.807, 2.05) is 0 Å². The Labute approximate surface area is 150 Å². The van der Waals surface area contributed by atoms with Gasteiger partial charge in [-0.3, -0.25) is 0 Å². The van der Waals surface area contributed by atoms with Crippen LogP contribution in [0.2, 0.25) is 0 Å². The number of hydrogen-bond donors (Lipinski definition) is 2. The third-order valence-electron chi connectivity index (χ3n) is 5.25. The molecule has 1 spiro atoms. The Balaban J connectivity index is 1.51. The number of nitrogens with zero attached hydrogens (tertiary/aromatic N) is 1. The van der Waals surface area contributed by atoms with Crippen molar-refractivity contribution in [3.05, 3.63) is 23.6 Å². The molecule has 1 aromatic rings. The Morgan fingerprint density at radius 1 is 1.31 bits per heavy atom. The molecule has 0 aliphatic heterocycles. The number of aromatic nitrogens is 1. The highest BCUT2D eigenvalue weighted by atomic mass is 19.1. The normalized spacial score (nSPS) is 27.4. The Morgan fingerprint density at radius 3 is 2.54 bits per heavy atom. The number of rotatable bonds is 6. The molecule has 1 heterocycles. The molecule has 2 fully saturated rings. The summed E-state index contributed by atoms with van der Waals surface area (Å²) in [6.45, 7) is 3.38. The molecule has 2 N–H and O–H groups in total. The number of carbonyl (C=O) groups is 2. The van der Waals surface area contributed by atoms with Crippen LogP contribution in [0.15, 0.2) is 12.1 Å². The van der Waals surface area contributed by atoms with Crippen molar-refractivity contribution in [3.8, 4) is 0 Å². The maximum absolute atomic E-state index is 13.3. The lowest BCUT2D eigenvalue weighted by molar-refractivity contribution is -0.197. The third kappa shape index (κ3) is 3.51. The van der Waals surface area contributed by atoms with Crippen LogP contribution in [0.1, 0.15) is 49.9 Å². The zero-order chi connectivity index (χ0) is 19.1. The van der Waals surface area contributed by atoms with Crippen molar-refractivity contribution in [1.82, 2.24) is 4.98 Å². The highest BCUT2D eigenvalue weighted by Crippen LogP contribution is 2.58. The lowest BCUT2D eigenvalue weighted by Gasteiger charge is -2.58. The van der Waals surface area contributed by atoms with Crippen LogP contribution in [-0.4, -0.2) is 46.9 Å². The zero-order valence-corrected chi connectivity index (χ0v) is 15.0. The van der Waals surface area contributed by atoms with Gasteiger partial charge in [0, 0.05) is 6.04 Å². The van der Waals surface area contributed by atoms with Gasteiger partial charge in [0.25, 0.3) is 0 Å². The van der Waals surface area contributed by atoms with Crippen molar-refractivity contribution in [2.24, 2.45) is 5.41 Å². The fourth-order valence-electron chi connectivity index (χ4n) is 4.03. The summed E-state index contributed by atoms with van der Waals surface area (Å²) in [5.74, 6) is -2.19. The SMILES string of the molecule is COC(=O)C(C)(C)OC1CC2(CC(Nc3nc(F)ccc3C(=O)O)C2)C1. The average Bonchev–Trinajstić information content (AvgIpc) is 2.49. The van der Waals surface area contributed by atoms with E-state index in [1.54, 1.807) is 13.8 Å². The lowest BCUT2D eigenvalue weighted by atomic mass is 9.52. The van der Waals surface area contributed by atoms with E-state index in [-0.39, 0.29) is 28.9 Å². The van der Waals surface area contributed by atoms with Crippen molar-refractivity contribution >= 4 is 17.8 Å². The van der Waals surface area contributed by atoms with E-state index in [4.69, 9.17) is 9.47 Å². The van der Waals surface area contributed by atoms with Crippen molar-refractivity contribution in [3.63, 3.8) is 0 Å². The molecule has 0 atom stereocenters. The number of aromatic carboxylic acids is 1. The van der Waals surface area contributed by atoms with E-state index >= 15 is 0 Å². The van der Waals surface area contributed by atoms with Crippen LogP contribution < -0.4 is 5.32 Å². The number of carboxylic acids is 1. The predicted molar refractivity (Wildman–Crippen MR) is 90.4 cm³/mol. The largest absolute Gasteiger partial charge is 0.478 e. The van der Waals surface area contributed by atoms with Crippen LogP contribution >= 0.6 is 0 Å². The molecule has 0 saturated heterocycles. The molecule has 0 amide bonds. The second-order valence-corrected chi connectivity index (χ2v) is 7.73. The maximum atomic E-state index is 13.3. The van der Waals surface area contributed by atoms with Crippen molar-refractivity contribution < 1.29 is 28.6 Å². The summed E-state index contributed by atoms with van der Waals surface area (Å²) in [4.78, 5) is 26.6. The van der Waals surface area contributed by atoms with Crippen molar-refractivity contribution in [1.29, 1.82) is 0 Å². The molecule has 7 nitrogen and oxygen atoms in total. The van der Waals surface area contributed by atoms with Crippen LogP contribution in [0.5, 0.6) is 0 Å². The van der Waals surface area contributed by atoms with Gasteiger partial charge >= 0.3 is 11.9 Å². The fraction of sp³-hybridized carbons (Fsp3) is 0.611. The maximum Gasteiger partial charge on any atom is 0.339 e. The number of esters is 1. The fourth-order valence-corrected chi connectivity index (χ4v) is 4.03. The van der Waals surface area contributed by atoms with E-state index < -0.39 is 23.5 Å². The Hall–Kier alpha value is -2.22. The van der Waals surface area contributed by atoms with E-state index in [9.17, 15) is 19.1 Å². The molecule has 26 heavy (non-hydrogen) atoms. The molecule has 0 radical (unpaired) electrons. The van der Waals surface area contributed by atoms with Crippen molar-refractivity contribution in [2.75, 3.05) is 12.4 Å². The predicted octanol–water partition coefficient (Wildman–Crippen LogP) is 2.61. The quantitative estimate of drug-likeness (QED) is 0.590. The summed E-state index contributed by atoms with van der Waals surface area (Å²) < 4.78 is 23.9. The highest BCUT2D eigenvalue weighted by Gasteiger charge is 2.55. The molecule has 2 aliphatic carbocycles. The van der Waals surface area contributed by atoms with E-state index in [1.165, 1.54) is 13.2 Å². The number of carboxylic acid groups (broad SMARTS) is 1. The number of methoxy groups -OCH3 is 1. The number of carbonyl (C=O) groups excluding carboxylic acids is 1. The van der Waals surface area contributed by atoms with Crippen LogP contribution in [0.4, 0.5) is 10.2 Å². The number of pyridine rings is 1. The second-order valence-electron chi connectivity index (χ2n) is 7.73. The van der Waals surface area contributed by atoms with Gasteiger partial charge in [0.05, 0.1) is 13.2 Å². The first-order valence-corrected chi connectivity index (χ1v) is 8.57. The highest BCUT2D eigenvalue weighted by molar-refractivity contribution is 5.93. The number of ether oxygens (including phenoxy) is 2. The van der Waals surface area contributed by atoms with Gasteiger partial charge < -0.3 is 19.9 Å². The minimum atomic E-state index is -1.14. The smallest absolute Gasteiger partial charge is 0.339 e. The summed E-state index contributed by atoms with van der Waals surface area (Å²) in [5.41, 5.74) is -0.864. The molecule has 3 rings (SSSR count). The summed E-state index contributed by atoms with van der Waals surface area (Å²) >= 11 is 0. The van der Waals surface area contributed by atoms with Gasteiger partial charge in [-0.1, -0.05) is 0 Å². The first kappa shape index (κ1) is 18.6. The molecule has 142 valence electrons. The first-order valence-electron chi connectivity index (χ1n) is 8.57. The summed E-state index contributed by atoms with van der Waals surface area (Å²) in [6.07, 6.45) is 3.36. The lowest BCUT2D eigenvalue weighted by Crippen LogP contribution is -2.57. The van der Waals surface area contributed by atoms with Gasteiger partial charge in [-0.25, -0.2) is 14.6 Å². The number of halogens is 1. The van der Waals surface area contributed by atoms with Crippen molar-refractivity contribution in [2.45, 2.75) is 57.3 Å². The van der Waals surface area contributed by atoms with Crippen LogP contribution in [0.25, 0.3) is 0 Å². The second kappa shape index (κ2) is 6.50. The average molecular weight is 366 g/mol. The summed E-state index contributed by atoms with van der Waals surface area (Å²) in [6, 6.07) is 2.30. The van der Waals surface area contributed by atoms with Crippen LogP contribution in [0.3, 0.4) is 0 Å². The molecule has 0 bridgehead atoms. The molecule has 1 aromatic heterocycles. The third-order valence-corrected chi connectivity index (χ3v) is 5.25. The minimum absolute atomic E-state index is 0.00641. The molecule has 2 saturated carbocycles. The topological polar surface area (TPSA) is 97.8 Å². The molecule has 0 aromatic carbocycles. The number of hydrogen-bond acceptors (Lipinski definition) is 6. The summed E-state index contributed by atoms with van der Waals surface area (Å²) in [5, 5.41) is 12.2. The minimum Gasteiger partial charge on any atom is -0.478 e. The Morgan fingerprint density at radius 2 is 1.96 bits per heavy atom. The monoisotopic (exact) mass is 366 g/mol. The standard InChI is InChI=1S/C18H23FN2O5/c1-17(2,16(24)25-3)26-11-8-18(9-11)6-10(7-18)20-14-12(15(22)23)4-5-13(19)21-14/h4-5,10-11H,6-9H2,1-3H3,(H,20,21)(H,22,23). The summed E-state index contributed by atoms with van der Waals surface area (Å²) in [7, 11) is 1.34. The van der Waals surface area contributed by atoms with Gasteiger partial charge in [0.1, 0.15) is 11.4 Å². The van der Waals surface area contributed by atoms with Gasteiger partial charge in [0.2, 0.25) is 5.95 Å². The van der Waals surface area contributed by atoms with Gasteiger partial charge in [-0.05, 0) is 57.1 Å². The molecule has 0 unspecified atom stereocenters. The Bertz CT molecular complexity index is 722. The van der Waals surface area contributed by atoms with E-state index in [0.717, 1.165) is 31.7 Å². The molecular weight excluding hydrogens is 343 g/mol. The van der Waals surface area contributed by atoms with E-state index in [2.05, 4.69) is 10.3 Å². The molecule has 2 aliphatic rings. The molecule has 8 heteroatoms. The molecular formula is C18H23FN2O5. The number of anilines is 1. The van der Waals surface area contributed by atoms with Gasteiger partial charge in [-0.2, -0.15) is 4.39 Å². The van der Waals surface area contributed by atoms with Gasteiger partial charge in [-0.15, -0.1) is 0 Å². The van der Waals surface area contributed by atoms with Gasteiger partial charge in [0.15, 0.2) is 5.60 Å².